The fourth-order valence-corrected chi connectivity index (χ4v) is 2.38. The van der Waals surface area contributed by atoms with Crippen LogP contribution in [0.1, 0.15) is 40.0 Å². The standard InChI is InChI=1S/C16H25F2NO2/c1-4-16(11-20,19-12(2)3)8-5-9-21-15-10-13(17)6-7-14(15)18/h6-7,10,12,19-20H,4-5,8-9,11H2,1-3H3. The first-order valence-corrected chi connectivity index (χ1v) is 7.39. The first-order chi connectivity index (χ1) is 9.92. The zero-order valence-corrected chi connectivity index (χ0v) is 13.0. The summed E-state index contributed by atoms with van der Waals surface area (Å²) >= 11 is 0. The van der Waals surface area contributed by atoms with E-state index in [-0.39, 0.29) is 30.5 Å². The number of hydrogen-bond acceptors (Lipinski definition) is 3. The molecule has 0 aliphatic rings. The van der Waals surface area contributed by atoms with Crippen molar-refractivity contribution in [3.8, 4) is 5.75 Å². The lowest BCUT2D eigenvalue weighted by Crippen LogP contribution is -2.51. The molecular formula is C16H25F2NO2. The van der Waals surface area contributed by atoms with E-state index in [9.17, 15) is 13.9 Å². The van der Waals surface area contributed by atoms with E-state index in [1.807, 2.05) is 20.8 Å². The van der Waals surface area contributed by atoms with Crippen LogP contribution in [0.25, 0.3) is 0 Å². The zero-order chi connectivity index (χ0) is 15.9. The van der Waals surface area contributed by atoms with E-state index in [0.717, 1.165) is 24.6 Å². The van der Waals surface area contributed by atoms with Gasteiger partial charge in [-0.2, -0.15) is 0 Å². The second-order valence-corrected chi connectivity index (χ2v) is 5.62. The summed E-state index contributed by atoms with van der Waals surface area (Å²) in [5, 5.41) is 13.0. The Labute approximate surface area is 125 Å². The molecular weight excluding hydrogens is 276 g/mol. The quantitative estimate of drug-likeness (QED) is 0.688. The van der Waals surface area contributed by atoms with Crippen LogP contribution in [0, 0.1) is 11.6 Å². The van der Waals surface area contributed by atoms with Gasteiger partial charge in [0.1, 0.15) is 5.82 Å². The molecule has 1 aromatic carbocycles. The van der Waals surface area contributed by atoms with Crippen molar-refractivity contribution < 1.29 is 18.6 Å². The van der Waals surface area contributed by atoms with Crippen LogP contribution in [0.3, 0.4) is 0 Å². The lowest BCUT2D eigenvalue weighted by atomic mass is 9.90. The van der Waals surface area contributed by atoms with Gasteiger partial charge in [-0.25, -0.2) is 8.78 Å². The van der Waals surface area contributed by atoms with E-state index in [0.29, 0.717) is 12.8 Å². The molecule has 1 rings (SSSR count). The second-order valence-electron chi connectivity index (χ2n) is 5.62. The summed E-state index contributed by atoms with van der Waals surface area (Å²) in [4.78, 5) is 0. The molecule has 0 saturated heterocycles. The fraction of sp³-hybridized carbons (Fsp3) is 0.625. The minimum absolute atomic E-state index is 0.0377. The van der Waals surface area contributed by atoms with Crippen LogP contribution in [-0.4, -0.2) is 29.9 Å². The van der Waals surface area contributed by atoms with Gasteiger partial charge < -0.3 is 15.2 Å². The maximum absolute atomic E-state index is 13.4. The van der Waals surface area contributed by atoms with Gasteiger partial charge in [-0.05, 0) is 31.4 Å². The second kappa shape index (κ2) is 8.29. The molecule has 1 atom stereocenters. The number of benzene rings is 1. The number of ether oxygens (including phenoxy) is 1. The highest BCUT2D eigenvalue weighted by molar-refractivity contribution is 5.24. The largest absolute Gasteiger partial charge is 0.490 e. The molecule has 0 saturated carbocycles. The van der Waals surface area contributed by atoms with Crippen LogP contribution in [0.2, 0.25) is 0 Å². The monoisotopic (exact) mass is 301 g/mol. The molecule has 21 heavy (non-hydrogen) atoms. The highest BCUT2D eigenvalue weighted by Gasteiger charge is 2.27. The normalized spacial score (nSPS) is 14.2. The summed E-state index contributed by atoms with van der Waals surface area (Å²) < 4.78 is 31.7. The van der Waals surface area contributed by atoms with Crippen molar-refractivity contribution in [3.63, 3.8) is 0 Å². The van der Waals surface area contributed by atoms with E-state index >= 15 is 0 Å². The topological polar surface area (TPSA) is 41.5 Å². The molecule has 1 unspecified atom stereocenters. The maximum atomic E-state index is 13.4. The van der Waals surface area contributed by atoms with Crippen LogP contribution >= 0.6 is 0 Å². The first-order valence-electron chi connectivity index (χ1n) is 7.39. The van der Waals surface area contributed by atoms with Gasteiger partial charge in [0.05, 0.1) is 13.2 Å². The molecule has 1 aromatic rings. The molecule has 0 aliphatic heterocycles. The first kappa shape index (κ1) is 17.9. The Kier molecular flexibility index (Phi) is 7.05. The number of rotatable bonds is 9. The van der Waals surface area contributed by atoms with Crippen LogP contribution in [0.4, 0.5) is 8.78 Å². The summed E-state index contributed by atoms with van der Waals surface area (Å²) in [6, 6.07) is 3.41. The molecule has 2 N–H and O–H groups in total. The molecule has 0 aliphatic carbocycles. The smallest absolute Gasteiger partial charge is 0.165 e. The summed E-state index contributed by atoms with van der Waals surface area (Å²) in [6.45, 7) is 6.38. The Morgan fingerprint density at radius 3 is 2.62 bits per heavy atom. The SMILES string of the molecule is CCC(CO)(CCCOc1cc(F)ccc1F)NC(C)C. The van der Waals surface area contributed by atoms with E-state index in [1.165, 1.54) is 0 Å². The molecule has 3 nitrogen and oxygen atoms in total. The third-order valence-corrected chi connectivity index (χ3v) is 3.52. The molecule has 0 bridgehead atoms. The van der Waals surface area contributed by atoms with Crippen molar-refractivity contribution in [2.75, 3.05) is 13.2 Å². The Morgan fingerprint density at radius 2 is 2.05 bits per heavy atom. The zero-order valence-electron chi connectivity index (χ0n) is 13.0. The van der Waals surface area contributed by atoms with Crippen molar-refractivity contribution in [2.45, 2.75) is 51.6 Å². The van der Waals surface area contributed by atoms with Crippen molar-refractivity contribution in [3.05, 3.63) is 29.8 Å². The Balaban J connectivity index is 2.49. The van der Waals surface area contributed by atoms with Gasteiger partial charge in [0.15, 0.2) is 11.6 Å². The highest BCUT2D eigenvalue weighted by Crippen LogP contribution is 2.21. The molecule has 0 spiro atoms. The lowest BCUT2D eigenvalue weighted by molar-refractivity contribution is 0.129. The molecule has 120 valence electrons. The van der Waals surface area contributed by atoms with Gasteiger partial charge in [-0.1, -0.05) is 20.8 Å². The third-order valence-electron chi connectivity index (χ3n) is 3.52. The average Bonchev–Trinajstić information content (AvgIpc) is 2.45. The number of aliphatic hydroxyl groups excluding tert-OH is 1. The van der Waals surface area contributed by atoms with Gasteiger partial charge in [-0.3, -0.25) is 0 Å². The van der Waals surface area contributed by atoms with Crippen molar-refractivity contribution in [1.29, 1.82) is 0 Å². The summed E-state index contributed by atoms with van der Waals surface area (Å²) in [5.74, 6) is -1.16. The van der Waals surface area contributed by atoms with E-state index < -0.39 is 11.6 Å². The molecule has 0 aromatic heterocycles. The summed E-state index contributed by atoms with van der Waals surface area (Å²) in [6.07, 6.45) is 2.13. The van der Waals surface area contributed by atoms with Gasteiger partial charge >= 0.3 is 0 Å². The van der Waals surface area contributed by atoms with Gasteiger partial charge in [0.25, 0.3) is 0 Å². The van der Waals surface area contributed by atoms with E-state index in [1.54, 1.807) is 0 Å². The molecule has 0 fully saturated rings. The average molecular weight is 301 g/mol. The fourth-order valence-electron chi connectivity index (χ4n) is 2.38. The Morgan fingerprint density at radius 1 is 1.33 bits per heavy atom. The van der Waals surface area contributed by atoms with Crippen LogP contribution in [-0.2, 0) is 0 Å². The van der Waals surface area contributed by atoms with Gasteiger partial charge in [0.2, 0.25) is 0 Å². The van der Waals surface area contributed by atoms with Gasteiger partial charge in [0, 0.05) is 17.6 Å². The predicted molar refractivity (Wildman–Crippen MR) is 79.5 cm³/mol. The number of nitrogens with one attached hydrogen (secondary N) is 1. The molecule has 5 heteroatoms. The predicted octanol–water partition coefficient (Wildman–Crippen LogP) is 3.26. The molecule has 0 radical (unpaired) electrons. The van der Waals surface area contributed by atoms with Crippen LogP contribution in [0.15, 0.2) is 18.2 Å². The number of aliphatic hydroxyl groups is 1. The molecule has 0 heterocycles. The van der Waals surface area contributed by atoms with Crippen molar-refractivity contribution >= 4 is 0 Å². The van der Waals surface area contributed by atoms with Crippen molar-refractivity contribution in [2.24, 2.45) is 0 Å². The Bertz CT molecular complexity index is 434. The highest BCUT2D eigenvalue weighted by atomic mass is 19.1. The Hall–Kier alpha value is -1.20. The van der Waals surface area contributed by atoms with Crippen molar-refractivity contribution in [1.82, 2.24) is 5.32 Å². The van der Waals surface area contributed by atoms with Crippen LogP contribution in [0.5, 0.6) is 5.75 Å². The minimum atomic E-state index is -0.569. The maximum Gasteiger partial charge on any atom is 0.165 e. The number of hydrogen-bond donors (Lipinski definition) is 2. The molecule has 0 amide bonds. The lowest BCUT2D eigenvalue weighted by Gasteiger charge is -2.34. The summed E-state index contributed by atoms with van der Waals surface area (Å²) in [7, 11) is 0. The summed E-state index contributed by atoms with van der Waals surface area (Å²) in [5.41, 5.74) is -0.349. The number of halogens is 2. The van der Waals surface area contributed by atoms with Crippen LogP contribution < -0.4 is 10.1 Å². The van der Waals surface area contributed by atoms with Gasteiger partial charge in [-0.15, -0.1) is 0 Å². The van der Waals surface area contributed by atoms with E-state index in [4.69, 9.17) is 4.74 Å². The van der Waals surface area contributed by atoms with E-state index in [2.05, 4.69) is 5.32 Å². The third kappa shape index (κ3) is 5.59. The minimum Gasteiger partial charge on any atom is -0.490 e.